The van der Waals surface area contributed by atoms with Crippen molar-refractivity contribution in [2.24, 2.45) is 0 Å². The number of quaternary nitrogens is 1. The Balaban J connectivity index is 3.94. The minimum Gasteiger partial charge on any atom is -0.756 e. The predicted molar refractivity (Wildman–Crippen MR) is 279 cm³/mol. The Hall–Kier alpha value is -1.28. The SMILES string of the molecule is CCCCCCC/C=C\C/C=C\C/C=C\CCCCCCCCCCCCCCCCCCCCC(=O)NC(COP(=O)([O-])OCC[N+](C)(C)C)C(O)CCCCCCCCCCCC. The lowest BCUT2D eigenvalue weighted by Crippen LogP contribution is -2.46. The zero-order valence-electron chi connectivity index (χ0n) is 43.7. The Bertz CT molecular complexity index is 1150. The average molecular weight is 937 g/mol. The second kappa shape index (κ2) is 47.8. The number of carbonyl (C=O) groups is 1. The molecule has 0 radical (unpaired) electrons. The number of nitrogens with zero attached hydrogens (tertiary/aromatic N) is 1. The summed E-state index contributed by atoms with van der Waals surface area (Å²) < 4.78 is 23.3. The summed E-state index contributed by atoms with van der Waals surface area (Å²) in [4.78, 5) is 25.4. The minimum atomic E-state index is -4.56. The van der Waals surface area contributed by atoms with Crippen LogP contribution in [0.5, 0.6) is 0 Å². The quantitative estimate of drug-likeness (QED) is 0.0272. The molecule has 9 heteroatoms. The molecule has 0 spiro atoms. The van der Waals surface area contributed by atoms with E-state index in [2.05, 4.69) is 55.6 Å². The van der Waals surface area contributed by atoms with Gasteiger partial charge in [-0.05, 0) is 51.4 Å². The first-order valence-electron chi connectivity index (χ1n) is 27.8. The Labute approximate surface area is 404 Å². The van der Waals surface area contributed by atoms with E-state index < -0.39 is 20.0 Å². The number of amides is 1. The summed E-state index contributed by atoms with van der Waals surface area (Å²) in [5.41, 5.74) is 0. The van der Waals surface area contributed by atoms with Gasteiger partial charge in [-0.15, -0.1) is 0 Å². The molecular formula is C56H109N2O6P. The van der Waals surface area contributed by atoms with E-state index in [4.69, 9.17) is 9.05 Å². The van der Waals surface area contributed by atoms with Crippen LogP contribution in [0.25, 0.3) is 0 Å². The first-order chi connectivity index (χ1) is 31.5. The third kappa shape index (κ3) is 50.4. The topological polar surface area (TPSA) is 108 Å². The zero-order chi connectivity index (χ0) is 47.8. The molecule has 3 atom stereocenters. The summed E-state index contributed by atoms with van der Waals surface area (Å²) in [6.45, 7) is 4.71. The summed E-state index contributed by atoms with van der Waals surface area (Å²) in [5.74, 6) is -0.164. The first kappa shape index (κ1) is 63.7. The Kier molecular flexibility index (Phi) is 46.8. The van der Waals surface area contributed by atoms with Crippen molar-refractivity contribution in [1.82, 2.24) is 5.32 Å². The van der Waals surface area contributed by atoms with Gasteiger partial charge < -0.3 is 28.8 Å². The van der Waals surface area contributed by atoms with Gasteiger partial charge in [-0.2, -0.15) is 0 Å². The number of phosphoric ester groups is 1. The maximum absolute atomic E-state index is 12.9. The van der Waals surface area contributed by atoms with Gasteiger partial charge in [-0.3, -0.25) is 9.36 Å². The fraction of sp³-hybridized carbons (Fsp3) is 0.875. The van der Waals surface area contributed by atoms with Crippen LogP contribution in [0.3, 0.4) is 0 Å². The van der Waals surface area contributed by atoms with Crippen LogP contribution in [0.1, 0.15) is 264 Å². The van der Waals surface area contributed by atoms with Crippen LogP contribution >= 0.6 is 7.82 Å². The highest BCUT2D eigenvalue weighted by molar-refractivity contribution is 7.45. The molecule has 0 bridgehead atoms. The molecule has 65 heavy (non-hydrogen) atoms. The van der Waals surface area contributed by atoms with Crippen molar-refractivity contribution in [2.45, 2.75) is 276 Å². The number of aliphatic hydroxyl groups excluding tert-OH is 1. The molecule has 3 unspecified atom stereocenters. The number of phosphoric acid groups is 1. The molecule has 0 aliphatic heterocycles. The number of unbranched alkanes of at least 4 members (excludes halogenated alkanes) is 32. The largest absolute Gasteiger partial charge is 0.756 e. The van der Waals surface area contributed by atoms with E-state index in [0.29, 0.717) is 23.9 Å². The molecule has 0 aromatic rings. The summed E-state index contributed by atoms with van der Waals surface area (Å²) in [7, 11) is 1.31. The number of hydrogen-bond donors (Lipinski definition) is 2. The van der Waals surface area contributed by atoms with E-state index in [1.54, 1.807) is 0 Å². The third-order valence-corrected chi connectivity index (χ3v) is 13.6. The van der Waals surface area contributed by atoms with Crippen LogP contribution in [-0.4, -0.2) is 68.5 Å². The Morgan fingerprint density at radius 2 is 0.892 bits per heavy atom. The molecule has 2 N–H and O–H groups in total. The Morgan fingerprint density at radius 3 is 1.29 bits per heavy atom. The van der Waals surface area contributed by atoms with Crippen LogP contribution in [-0.2, 0) is 18.4 Å². The number of nitrogens with one attached hydrogen (secondary N) is 1. The van der Waals surface area contributed by atoms with Crippen LogP contribution in [0.2, 0.25) is 0 Å². The van der Waals surface area contributed by atoms with Crippen LogP contribution in [0.4, 0.5) is 0 Å². The van der Waals surface area contributed by atoms with Crippen molar-refractivity contribution in [1.29, 1.82) is 0 Å². The lowest BCUT2D eigenvalue weighted by molar-refractivity contribution is -0.870. The number of carbonyl (C=O) groups excluding carboxylic acids is 1. The number of rotatable bonds is 51. The van der Waals surface area contributed by atoms with Gasteiger partial charge in [-0.25, -0.2) is 0 Å². The normalized spacial score (nSPS) is 14.3. The smallest absolute Gasteiger partial charge is 0.268 e. The second-order valence-corrected chi connectivity index (χ2v) is 21.7. The van der Waals surface area contributed by atoms with Gasteiger partial charge in [0.15, 0.2) is 0 Å². The van der Waals surface area contributed by atoms with Crippen LogP contribution in [0.15, 0.2) is 36.5 Å². The molecule has 0 saturated carbocycles. The van der Waals surface area contributed by atoms with E-state index in [1.807, 2.05) is 21.1 Å². The van der Waals surface area contributed by atoms with Gasteiger partial charge >= 0.3 is 0 Å². The Morgan fingerprint density at radius 1 is 0.538 bits per heavy atom. The second-order valence-electron chi connectivity index (χ2n) is 20.3. The van der Waals surface area contributed by atoms with Gasteiger partial charge in [-0.1, -0.05) is 243 Å². The standard InChI is InChI=1S/C56H109N2O6P/c1-6-8-10-12-14-16-18-19-20-21-22-23-24-25-26-27-28-29-30-31-32-33-34-35-36-37-38-39-40-42-44-46-48-50-56(60)57-54(53-64-65(61,62)63-52-51-58(3,4)5)55(59)49-47-45-43-41-17-15-13-11-9-7-2/h18-19,21-22,24-25,54-55,59H,6-17,20,23,26-53H2,1-5H3,(H-,57,60,61,62)/b19-18-,22-21-,25-24-. The third-order valence-electron chi connectivity index (χ3n) is 12.6. The summed E-state index contributed by atoms with van der Waals surface area (Å²) in [5, 5.41) is 13.9. The van der Waals surface area contributed by atoms with E-state index in [1.165, 1.54) is 186 Å². The van der Waals surface area contributed by atoms with E-state index >= 15 is 0 Å². The lowest BCUT2D eigenvalue weighted by atomic mass is 10.0. The van der Waals surface area contributed by atoms with Gasteiger partial charge in [0, 0.05) is 6.42 Å². The molecule has 384 valence electrons. The number of hydrogen-bond acceptors (Lipinski definition) is 6. The summed E-state index contributed by atoms with van der Waals surface area (Å²) in [6.07, 6.45) is 60.5. The van der Waals surface area contributed by atoms with Gasteiger partial charge in [0.25, 0.3) is 7.82 Å². The molecular weight excluding hydrogens is 828 g/mol. The molecule has 0 rings (SSSR count). The molecule has 8 nitrogen and oxygen atoms in total. The molecule has 1 amide bonds. The minimum absolute atomic E-state index is 0.0132. The number of likely N-dealkylation sites (N-methyl/N-ethyl adjacent to an activating group) is 1. The highest BCUT2D eigenvalue weighted by atomic mass is 31.2. The molecule has 0 aliphatic rings. The molecule has 0 saturated heterocycles. The highest BCUT2D eigenvalue weighted by Crippen LogP contribution is 2.38. The van der Waals surface area contributed by atoms with E-state index in [0.717, 1.165) is 51.4 Å². The van der Waals surface area contributed by atoms with Crippen LogP contribution < -0.4 is 10.2 Å². The van der Waals surface area contributed by atoms with Crippen molar-refractivity contribution in [3.8, 4) is 0 Å². The van der Waals surface area contributed by atoms with Crippen molar-refractivity contribution < 1.29 is 32.9 Å². The first-order valence-corrected chi connectivity index (χ1v) is 29.3. The predicted octanol–water partition coefficient (Wildman–Crippen LogP) is 16.0. The van der Waals surface area contributed by atoms with Gasteiger partial charge in [0.1, 0.15) is 13.2 Å². The molecule has 0 heterocycles. The van der Waals surface area contributed by atoms with Crippen molar-refractivity contribution >= 4 is 13.7 Å². The highest BCUT2D eigenvalue weighted by Gasteiger charge is 2.24. The molecule has 0 fully saturated rings. The van der Waals surface area contributed by atoms with Gasteiger partial charge in [0.05, 0.1) is 39.9 Å². The lowest BCUT2D eigenvalue weighted by Gasteiger charge is -2.30. The van der Waals surface area contributed by atoms with E-state index in [9.17, 15) is 19.4 Å². The molecule has 0 aliphatic carbocycles. The number of aliphatic hydroxyl groups is 1. The van der Waals surface area contributed by atoms with Gasteiger partial charge in [0.2, 0.25) is 5.91 Å². The fourth-order valence-electron chi connectivity index (χ4n) is 8.22. The maximum Gasteiger partial charge on any atom is 0.268 e. The molecule has 0 aromatic carbocycles. The fourth-order valence-corrected chi connectivity index (χ4v) is 8.95. The van der Waals surface area contributed by atoms with Crippen LogP contribution in [0, 0.1) is 0 Å². The van der Waals surface area contributed by atoms with E-state index in [-0.39, 0.29) is 19.1 Å². The maximum atomic E-state index is 12.9. The molecule has 0 aromatic heterocycles. The zero-order valence-corrected chi connectivity index (χ0v) is 44.6. The monoisotopic (exact) mass is 937 g/mol. The van der Waals surface area contributed by atoms with Crippen molar-refractivity contribution in [3.63, 3.8) is 0 Å². The van der Waals surface area contributed by atoms with Crippen molar-refractivity contribution in [2.75, 3.05) is 40.9 Å². The number of allylic oxidation sites excluding steroid dienone is 6. The average Bonchev–Trinajstić information content (AvgIpc) is 3.26. The van der Waals surface area contributed by atoms with Crippen molar-refractivity contribution in [3.05, 3.63) is 36.5 Å². The summed E-state index contributed by atoms with van der Waals surface area (Å²) in [6, 6.07) is -0.797. The summed E-state index contributed by atoms with van der Waals surface area (Å²) >= 11 is 0.